The summed E-state index contributed by atoms with van der Waals surface area (Å²) in [6.07, 6.45) is 3.42. The molecule has 1 aliphatic carbocycles. The van der Waals surface area contributed by atoms with E-state index in [9.17, 15) is 0 Å². The highest BCUT2D eigenvalue weighted by Crippen LogP contribution is 2.28. The maximum Gasteiger partial charge on any atom is 0.0441 e. The largest absolute Gasteiger partial charge is 0.309 e. The topological polar surface area (TPSA) is 12.0 Å². The summed E-state index contributed by atoms with van der Waals surface area (Å²) >= 11 is 6.25. The number of hydrogen-bond acceptors (Lipinski definition) is 1. The Labute approximate surface area is 103 Å². The average Bonchev–Trinajstić information content (AvgIpc) is 2.17. The molecular formula is C14H20ClN. The van der Waals surface area contributed by atoms with Crippen molar-refractivity contribution in [2.24, 2.45) is 0 Å². The molecule has 1 aromatic rings. The number of benzene rings is 1. The molecule has 0 saturated heterocycles. The van der Waals surface area contributed by atoms with Crippen molar-refractivity contribution in [3.63, 3.8) is 0 Å². The lowest BCUT2D eigenvalue weighted by Crippen LogP contribution is -2.46. The van der Waals surface area contributed by atoms with E-state index in [1.807, 2.05) is 6.07 Å². The molecule has 0 fully saturated rings. The molecule has 0 amide bonds. The standard InChI is InChI=1S/C14H20ClN/c1-14(2,3)16-11-8-7-10-5-4-6-13(15)12(10)9-11/h4-6,11,16H,7-9H2,1-3H3. The van der Waals surface area contributed by atoms with E-state index < -0.39 is 0 Å². The SMILES string of the molecule is CC(C)(C)NC1CCc2cccc(Cl)c2C1. The zero-order valence-electron chi connectivity index (χ0n) is 10.3. The van der Waals surface area contributed by atoms with Crippen LogP contribution < -0.4 is 5.32 Å². The van der Waals surface area contributed by atoms with Gasteiger partial charge in [-0.15, -0.1) is 0 Å². The van der Waals surface area contributed by atoms with Crippen LogP contribution in [0, 0.1) is 0 Å². The maximum atomic E-state index is 6.25. The van der Waals surface area contributed by atoms with E-state index in [1.54, 1.807) is 0 Å². The van der Waals surface area contributed by atoms with Crippen LogP contribution >= 0.6 is 11.6 Å². The second-order valence-electron chi connectivity index (χ2n) is 5.71. The highest BCUT2D eigenvalue weighted by atomic mass is 35.5. The van der Waals surface area contributed by atoms with Crippen LogP contribution in [0.15, 0.2) is 18.2 Å². The van der Waals surface area contributed by atoms with Gasteiger partial charge in [-0.3, -0.25) is 0 Å². The van der Waals surface area contributed by atoms with Crippen LogP contribution in [0.2, 0.25) is 5.02 Å². The molecule has 0 bridgehead atoms. The number of nitrogens with one attached hydrogen (secondary N) is 1. The fourth-order valence-corrected chi connectivity index (χ4v) is 2.75. The van der Waals surface area contributed by atoms with Gasteiger partial charge in [0.1, 0.15) is 0 Å². The number of halogens is 1. The Morgan fingerprint density at radius 3 is 2.75 bits per heavy atom. The lowest BCUT2D eigenvalue weighted by atomic mass is 9.87. The highest BCUT2D eigenvalue weighted by Gasteiger charge is 2.23. The molecule has 88 valence electrons. The summed E-state index contributed by atoms with van der Waals surface area (Å²) in [5.74, 6) is 0. The smallest absolute Gasteiger partial charge is 0.0441 e. The van der Waals surface area contributed by atoms with Crippen LogP contribution in [-0.4, -0.2) is 11.6 Å². The van der Waals surface area contributed by atoms with E-state index in [-0.39, 0.29) is 5.54 Å². The molecule has 1 aliphatic rings. The van der Waals surface area contributed by atoms with Gasteiger partial charge in [0.05, 0.1) is 0 Å². The van der Waals surface area contributed by atoms with Gasteiger partial charge in [0, 0.05) is 16.6 Å². The lowest BCUT2D eigenvalue weighted by Gasteiger charge is -2.32. The predicted octanol–water partition coefficient (Wildman–Crippen LogP) is 3.59. The third-order valence-electron chi connectivity index (χ3n) is 3.07. The number of rotatable bonds is 1. The Bertz CT molecular complexity index is 379. The van der Waals surface area contributed by atoms with Crippen LogP contribution in [0.1, 0.15) is 38.3 Å². The fourth-order valence-electron chi connectivity index (χ4n) is 2.48. The van der Waals surface area contributed by atoms with E-state index in [0.717, 1.165) is 17.9 Å². The quantitative estimate of drug-likeness (QED) is 0.787. The summed E-state index contributed by atoms with van der Waals surface area (Å²) in [5, 5.41) is 4.60. The molecule has 1 aromatic carbocycles. The Kier molecular flexibility index (Phi) is 3.27. The van der Waals surface area contributed by atoms with Gasteiger partial charge in [0.2, 0.25) is 0 Å². The first-order valence-corrected chi connectivity index (χ1v) is 6.37. The molecule has 1 N–H and O–H groups in total. The van der Waals surface area contributed by atoms with E-state index in [1.165, 1.54) is 17.5 Å². The second kappa shape index (κ2) is 4.38. The Balaban J connectivity index is 2.14. The van der Waals surface area contributed by atoms with Crippen molar-refractivity contribution < 1.29 is 0 Å². The van der Waals surface area contributed by atoms with Crippen molar-refractivity contribution >= 4 is 11.6 Å². The zero-order valence-corrected chi connectivity index (χ0v) is 11.1. The summed E-state index contributed by atoms with van der Waals surface area (Å²) < 4.78 is 0. The first kappa shape index (κ1) is 11.9. The third-order valence-corrected chi connectivity index (χ3v) is 3.42. The second-order valence-corrected chi connectivity index (χ2v) is 6.12. The molecule has 0 heterocycles. The summed E-state index contributed by atoms with van der Waals surface area (Å²) in [5.41, 5.74) is 2.96. The van der Waals surface area contributed by atoms with Crippen molar-refractivity contribution in [1.29, 1.82) is 0 Å². The molecule has 0 aromatic heterocycles. The van der Waals surface area contributed by atoms with Gasteiger partial charge < -0.3 is 5.32 Å². The van der Waals surface area contributed by atoms with Crippen LogP contribution in [0.3, 0.4) is 0 Å². The maximum absolute atomic E-state index is 6.25. The molecule has 2 heteroatoms. The van der Waals surface area contributed by atoms with Gasteiger partial charge in [0.15, 0.2) is 0 Å². The molecule has 1 nitrogen and oxygen atoms in total. The molecule has 2 rings (SSSR count). The molecule has 1 atom stereocenters. The van der Waals surface area contributed by atoms with Gasteiger partial charge in [-0.25, -0.2) is 0 Å². The van der Waals surface area contributed by atoms with Crippen LogP contribution in [-0.2, 0) is 12.8 Å². The summed E-state index contributed by atoms with van der Waals surface area (Å²) in [4.78, 5) is 0. The molecular weight excluding hydrogens is 218 g/mol. The first-order chi connectivity index (χ1) is 7.46. The van der Waals surface area contributed by atoms with Crippen molar-refractivity contribution in [2.45, 2.75) is 51.6 Å². The highest BCUT2D eigenvalue weighted by molar-refractivity contribution is 6.31. The predicted molar refractivity (Wildman–Crippen MR) is 70.2 cm³/mol. The molecule has 16 heavy (non-hydrogen) atoms. The zero-order chi connectivity index (χ0) is 11.8. The first-order valence-electron chi connectivity index (χ1n) is 6.00. The van der Waals surface area contributed by atoms with Crippen LogP contribution in [0.5, 0.6) is 0 Å². The van der Waals surface area contributed by atoms with Crippen LogP contribution in [0.25, 0.3) is 0 Å². The summed E-state index contributed by atoms with van der Waals surface area (Å²) in [6.45, 7) is 6.65. The molecule has 0 spiro atoms. The molecule has 0 radical (unpaired) electrons. The monoisotopic (exact) mass is 237 g/mol. The van der Waals surface area contributed by atoms with E-state index in [4.69, 9.17) is 11.6 Å². The van der Waals surface area contributed by atoms with Crippen molar-refractivity contribution in [3.8, 4) is 0 Å². The van der Waals surface area contributed by atoms with Gasteiger partial charge in [-0.05, 0) is 57.2 Å². The van der Waals surface area contributed by atoms with Gasteiger partial charge in [0.25, 0.3) is 0 Å². The van der Waals surface area contributed by atoms with Crippen molar-refractivity contribution in [2.75, 3.05) is 0 Å². The number of hydrogen-bond donors (Lipinski definition) is 1. The van der Waals surface area contributed by atoms with Gasteiger partial charge in [-0.2, -0.15) is 0 Å². The minimum absolute atomic E-state index is 0.184. The minimum Gasteiger partial charge on any atom is -0.309 e. The van der Waals surface area contributed by atoms with Gasteiger partial charge in [-0.1, -0.05) is 23.7 Å². The van der Waals surface area contributed by atoms with Crippen molar-refractivity contribution in [1.82, 2.24) is 5.32 Å². The normalized spacial score (nSPS) is 20.6. The molecule has 0 saturated carbocycles. The number of fused-ring (bicyclic) bond motifs is 1. The minimum atomic E-state index is 0.184. The van der Waals surface area contributed by atoms with E-state index in [0.29, 0.717) is 6.04 Å². The lowest BCUT2D eigenvalue weighted by molar-refractivity contribution is 0.335. The Morgan fingerprint density at radius 1 is 1.31 bits per heavy atom. The average molecular weight is 238 g/mol. The Hall–Kier alpha value is -0.530. The summed E-state index contributed by atoms with van der Waals surface area (Å²) in [6, 6.07) is 6.82. The molecule has 0 aliphatic heterocycles. The van der Waals surface area contributed by atoms with Crippen LogP contribution in [0.4, 0.5) is 0 Å². The Morgan fingerprint density at radius 2 is 2.06 bits per heavy atom. The number of aryl methyl sites for hydroxylation is 1. The molecule has 1 unspecified atom stereocenters. The fraction of sp³-hybridized carbons (Fsp3) is 0.571. The van der Waals surface area contributed by atoms with E-state index >= 15 is 0 Å². The summed E-state index contributed by atoms with van der Waals surface area (Å²) in [7, 11) is 0. The van der Waals surface area contributed by atoms with E-state index in [2.05, 4.69) is 38.2 Å². The van der Waals surface area contributed by atoms with Gasteiger partial charge >= 0.3 is 0 Å². The third kappa shape index (κ3) is 2.78. The van der Waals surface area contributed by atoms with Crippen molar-refractivity contribution in [3.05, 3.63) is 34.3 Å².